The lowest BCUT2D eigenvalue weighted by Gasteiger charge is -2.22. The Bertz CT molecular complexity index is 817. The highest BCUT2D eigenvalue weighted by molar-refractivity contribution is 5.97. The second kappa shape index (κ2) is 7.68. The van der Waals surface area contributed by atoms with E-state index in [-0.39, 0.29) is 5.91 Å². The minimum Gasteiger partial charge on any atom is -0.334 e. The summed E-state index contributed by atoms with van der Waals surface area (Å²) in [4.78, 5) is 23.4. The number of aromatic nitrogens is 2. The molecule has 1 amide bonds. The van der Waals surface area contributed by atoms with Crippen LogP contribution in [0.15, 0.2) is 61.1 Å². The number of para-hydroxylation sites is 1. The summed E-state index contributed by atoms with van der Waals surface area (Å²) in [5, 5.41) is 0.986. The van der Waals surface area contributed by atoms with E-state index in [9.17, 15) is 4.79 Å². The predicted molar refractivity (Wildman–Crippen MR) is 95.6 cm³/mol. The highest BCUT2D eigenvalue weighted by Crippen LogP contribution is 2.16. The SMILES string of the molecule is CCCCN(Cc1cccnc1)C(=O)c1cnc2ccccc2c1. The highest BCUT2D eigenvalue weighted by atomic mass is 16.2. The molecule has 122 valence electrons. The average Bonchev–Trinajstić information content (AvgIpc) is 2.65. The monoisotopic (exact) mass is 319 g/mol. The molecule has 24 heavy (non-hydrogen) atoms. The Balaban J connectivity index is 1.85. The Morgan fingerprint density at radius 3 is 2.79 bits per heavy atom. The van der Waals surface area contributed by atoms with Crippen molar-refractivity contribution in [2.24, 2.45) is 0 Å². The highest BCUT2D eigenvalue weighted by Gasteiger charge is 2.16. The Morgan fingerprint density at radius 2 is 2.00 bits per heavy atom. The Morgan fingerprint density at radius 1 is 1.12 bits per heavy atom. The van der Waals surface area contributed by atoms with E-state index in [0.29, 0.717) is 12.1 Å². The van der Waals surface area contributed by atoms with Crippen molar-refractivity contribution < 1.29 is 4.79 Å². The Kier molecular flexibility index (Phi) is 5.16. The smallest absolute Gasteiger partial charge is 0.255 e. The number of carbonyl (C=O) groups excluding carboxylic acids is 1. The summed E-state index contributed by atoms with van der Waals surface area (Å²) in [5.74, 6) is 0.0190. The van der Waals surface area contributed by atoms with Crippen molar-refractivity contribution in [3.05, 3.63) is 72.2 Å². The van der Waals surface area contributed by atoms with Crippen LogP contribution < -0.4 is 0 Å². The van der Waals surface area contributed by atoms with Crippen molar-refractivity contribution in [3.63, 3.8) is 0 Å². The standard InChI is InChI=1S/C20H21N3O/c1-2-3-11-23(15-16-7-6-10-21-13-16)20(24)18-12-17-8-4-5-9-19(17)22-14-18/h4-10,12-14H,2-3,11,15H2,1H3. The van der Waals surface area contributed by atoms with Crippen molar-refractivity contribution in [1.29, 1.82) is 0 Å². The zero-order valence-corrected chi connectivity index (χ0v) is 13.9. The number of nitrogens with zero attached hydrogens (tertiary/aromatic N) is 3. The molecule has 3 rings (SSSR count). The molecule has 3 aromatic rings. The van der Waals surface area contributed by atoms with E-state index in [4.69, 9.17) is 0 Å². The van der Waals surface area contributed by atoms with E-state index in [1.807, 2.05) is 53.6 Å². The molecule has 4 heteroatoms. The van der Waals surface area contributed by atoms with Crippen LogP contribution in [0.4, 0.5) is 0 Å². The molecule has 0 saturated heterocycles. The summed E-state index contributed by atoms with van der Waals surface area (Å²) in [7, 11) is 0. The van der Waals surface area contributed by atoms with E-state index in [0.717, 1.165) is 35.9 Å². The number of hydrogen-bond donors (Lipinski definition) is 0. The van der Waals surface area contributed by atoms with Crippen molar-refractivity contribution in [1.82, 2.24) is 14.9 Å². The van der Waals surface area contributed by atoms with Crippen LogP contribution in [-0.4, -0.2) is 27.3 Å². The van der Waals surface area contributed by atoms with Gasteiger partial charge in [-0.3, -0.25) is 14.8 Å². The molecule has 0 aliphatic rings. The van der Waals surface area contributed by atoms with Gasteiger partial charge in [0.15, 0.2) is 0 Å². The van der Waals surface area contributed by atoms with Crippen molar-refractivity contribution in [3.8, 4) is 0 Å². The normalized spacial score (nSPS) is 10.7. The molecule has 2 heterocycles. The lowest BCUT2D eigenvalue weighted by molar-refractivity contribution is 0.0740. The van der Waals surface area contributed by atoms with Gasteiger partial charge in [0.1, 0.15) is 0 Å². The molecule has 0 saturated carbocycles. The van der Waals surface area contributed by atoms with E-state index in [2.05, 4.69) is 16.9 Å². The molecule has 0 unspecified atom stereocenters. The molecule has 0 aliphatic heterocycles. The summed E-state index contributed by atoms with van der Waals surface area (Å²) < 4.78 is 0. The number of unbranched alkanes of at least 4 members (excludes halogenated alkanes) is 1. The fourth-order valence-electron chi connectivity index (χ4n) is 2.68. The lowest BCUT2D eigenvalue weighted by atomic mass is 10.1. The fourth-order valence-corrected chi connectivity index (χ4v) is 2.68. The van der Waals surface area contributed by atoms with Gasteiger partial charge in [-0.15, -0.1) is 0 Å². The van der Waals surface area contributed by atoms with Crippen molar-refractivity contribution in [2.45, 2.75) is 26.3 Å². The lowest BCUT2D eigenvalue weighted by Crippen LogP contribution is -2.31. The van der Waals surface area contributed by atoms with Gasteiger partial charge in [-0.25, -0.2) is 0 Å². The predicted octanol–water partition coefficient (Wildman–Crippen LogP) is 4.07. The summed E-state index contributed by atoms with van der Waals surface area (Å²) in [5.41, 5.74) is 2.57. The maximum Gasteiger partial charge on any atom is 0.255 e. The van der Waals surface area contributed by atoms with Gasteiger partial charge >= 0.3 is 0 Å². The minimum atomic E-state index is 0.0190. The molecule has 0 atom stereocenters. The first-order chi connectivity index (χ1) is 11.8. The van der Waals surface area contributed by atoms with Crippen molar-refractivity contribution >= 4 is 16.8 Å². The van der Waals surface area contributed by atoms with Gasteiger partial charge < -0.3 is 4.90 Å². The summed E-state index contributed by atoms with van der Waals surface area (Å²) in [6.07, 6.45) is 7.26. The van der Waals surface area contributed by atoms with Crippen LogP contribution in [0, 0.1) is 0 Å². The zero-order chi connectivity index (χ0) is 16.8. The third-order valence-electron chi connectivity index (χ3n) is 4.00. The largest absolute Gasteiger partial charge is 0.334 e. The van der Waals surface area contributed by atoms with E-state index < -0.39 is 0 Å². The van der Waals surface area contributed by atoms with Gasteiger partial charge in [0.25, 0.3) is 5.91 Å². The van der Waals surface area contributed by atoms with Gasteiger partial charge in [-0.1, -0.05) is 37.6 Å². The molecule has 2 aromatic heterocycles. The second-order valence-electron chi connectivity index (χ2n) is 5.86. The third kappa shape index (κ3) is 3.77. The first kappa shape index (κ1) is 16.1. The molecule has 0 N–H and O–H groups in total. The fraction of sp³-hybridized carbons (Fsp3) is 0.250. The average molecular weight is 319 g/mol. The number of benzene rings is 1. The van der Waals surface area contributed by atoms with Crippen molar-refractivity contribution in [2.75, 3.05) is 6.54 Å². The number of rotatable bonds is 6. The van der Waals surface area contributed by atoms with Crippen LogP contribution in [0.1, 0.15) is 35.7 Å². The Labute approximate surface area is 142 Å². The Hall–Kier alpha value is -2.75. The summed E-state index contributed by atoms with van der Waals surface area (Å²) >= 11 is 0. The topological polar surface area (TPSA) is 46.1 Å². The van der Waals surface area contributed by atoms with Gasteiger partial charge in [0.2, 0.25) is 0 Å². The zero-order valence-electron chi connectivity index (χ0n) is 13.9. The van der Waals surface area contributed by atoms with E-state index in [1.165, 1.54) is 0 Å². The number of pyridine rings is 2. The molecule has 0 radical (unpaired) electrons. The molecule has 0 bridgehead atoms. The minimum absolute atomic E-state index is 0.0190. The van der Waals surface area contributed by atoms with Crippen LogP contribution in [-0.2, 0) is 6.54 Å². The number of hydrogen-bond acceptors (Lipinski definition) is 3. The summed E-state index contributed by atoms with van der Waals surface area (Å²) in [6.45, 7) is 3.43. The van der Waals surface area contributed by atoms with Gasteiger partial charge in [0.05, 0.1) is 11.1 Å². The third-order valence-corrected chi connectivity index (χ3v) is 4.00. The first-order valence-corrected chi connectivity index (χ1v) is 8.31. The molecule has 0 aliphatic carbocycles. The van der Waals surface area contributed by atoms with Gasteiger partial charge in [0, 0.05) is 37.1 Å². The number of fused-ring (bicyclic) bond motifs is 1. The molecular weight excluding hydrogens is 298 g/mol. The number of carbonyl (C=O) groups is 1. The van der Waals surface area contributed by atoms with E-state index in [1.54, 1.807) is 12.4 Å². The second-order valence-corrected chi connectivity index (χ2v) is 5.86. The molecule has 4 nitrogen and oxygen atoms in total. The summed E-state index contributed by atoms with van der Waals surface area (Å²) in [6, 6.07) is 13.7. The maximum absolute atomic E-state index is 13.0. The molecule has 0 fully saturated rings. The van der Waals surface area contributed by atoms with Crippen LogP contribution in [0.25, 0.3) is 10.9 Å². The number of amides is 1. The molecule has 1 aromatic carbocycles. The van der Waals surface area contributed by atoms with Crippen LogP contribution in [0.3, 0.4) is 0 Å². The maximum atomic E-state index is 13.0. The molecular formula is C20H21N3O. The van der Waals surface area contributed by atoms with Gasteiger partial charge in [-0.2, -0.15) is 0 Å². The quantitative estimate of drug-likeness (QED) is 0.688. The van der Waals surface area contributed by atoms with E-state index >= 15 is 0 Å². The van der Waals surface area contributed by atoms with Crippen LogP contribution >= 0.6 is 0 Å². The first-order valence-electron chi connectivity index (χ1n) is 8.31. The van der Waals surface area contributed by atoms with Crippen LogP contribution in [0.5, 0.6) is 0 Å². The molecule has 0 spiro atoms. The van der Waals surface area contributed by atoms with Gasteiger partial charge in [-0.05, 0) is 30.2 Å². The van der Waals surface area contributed by atoms with Crippen LogP contribution in [0.2, 0.25) is 0 Å².